The number of carbonyl (C=O) groups excluding carboxylic acids is 2. The molecule has 1 aliphatic rings. The molecule has 4 rings (SSSR count). The molecule has 0 bridgehead atoms. The predicted octanol–water partition coefficient (Wildman–Crippen LogP) is 6.14. The number of nitrogens with zero attached hydrogens (tertiary/aromatic N) is 1. The Morgan fingerprint density at radius 3 is 2.38 bits per heavy atom. The van der Waals surface area contributed by atoms with Crippen LogP contribution in [-0.2, 0) is 22.6 Å². The summed E-state index contributed by atoms with van der Waals surface area (Å²) in [4.78, 5) is 29.2. The van der Waals surface area contributed by atoms with Gasteiger partial charge in [0.25, 0.3) is 5.91 Å². The third-order valence-electron chi connectivity index (χ3n) is 7.07. The smallest absolute Gasteiger partial charge is 0.261 e. The number of rotatable bonds is 10. The van der Waals surface area contributed by atoms with E-state index >= 15 is 0 Å². The van der Waals surface area contributed by atoms with Gasteiger partial charge in [-0.1, -0.05) is 83.4 Å². The molecule has 0 radical (unpaired) electrons. The molecule has 0 heterocycles. The van der Waals surface area contributed by atoms with Crippen molar-refractivity contribution >= 4 is 27.7 Å². The Balaban J connectivity index is 1.62. The average Bonchev–Trinajstić information content (AvgIpc) is 3.41. The van der Waals surface area contributed by atoms with Crippen molar-refractivity contribution in [2.45, 2.75) is 64.6 Å². The lowest BCUT2D eigenvalue weighted by Gasteiger charge is -2.32. The highest BCUT2D eigenvalue weighted by atomic mass is 79.9. The van der Waals surface area contributed by atoms with E-state index in [0.29, 0.717) is 18.7 Å². The Kier molecular flexibility index (Phi) is 9.40. The minimum Gasteiger partial charge on any atom is -0.484 e. The summed E-state index contributed by atoms with van der Waals surface area (Å²) in [7, 11) is 0. The minimum absolute atomic E-state index is 0.0998. The predicted molar refractivity (Wildman–Crippen MR) is 150 cm³/mol. The lowest BCUT2D eigenvalue weighted by atomic mass is 10.0. The topological polar surface area (TPSA) is 58.6 Å². The second-order valence-corrected chi connectivity index (χ2v) is 10.7. The fourth-order valence-electron chi connectivity index (χ4n) is 4.83. The summed E-state index contributed by atoms with van der Waals surface area (Å²) in [6, 6.07) is 23.1. The van der Waals surface area contributed by atoms with Crippen LogP contribution in [0.1, 0.15) is 47.9 Å². The number of carbonyl (C=O) groups is 2. The van der Waals surface area contributed by atoms with E-state index in [0.717, 1.165) is 52.4 Å². The zero-order chi connectivity index (χ0) is 26.2. The summed E-state index contributed by atoms with van der Waals surface area (Å²) in [6.45, 7) is 4.20. The van der Waals surface area contributed by atoms with E-state index in [2.05, 4.69) is 21.2 Å². The number of amides is 2. The fourth-order valence-corrected chi connectivity index (χ4v) is 5.07. The van der Waals surface area contributed by atoms with Gasteiger partial charge in [0.05, 0.1) is 0 Å². The van der Waals surface area contributed by atoms with E-state index in [1.54, 1.807) is 4.90 Å². The van der Waals surface area contributed by atoms with Crippen LogP contribution < -0.4 is 10.1 Å². The van der Waals surface area contributed by atoms with Crippen molar-refractivity contribution in [1.82, 2.24) is 10.2 Å². The van der Waals surface area contributed by atoms with Crippen molar-refractivity contribution in [3.63, 3.8) is 0 Å². The van der Waals surface area contributed by atoms with Crippen molar-refractivity contribution in [1.29, 1.82) is 0 Å². The summed E-state index contributed by atoms with van der Waals surface area (Å²) < 4.78 is 6.91. The second-order valence-electron chi connectivity index (χ2n) is 9.84. The third-order valence-corrected chi connectivity index (χ3v) is 7.96. The van der Waals surface area contributed by atoms with E-state index < -0.39 is 6.04 Å². The van der Waals surface area contributed by atoms with Gasteiger partial charge >= 0.3 is 0 Å². The van der Waals surface area contributed by atoms with E-state index in [1.165, 1.54) is 0 Å². The molecule has 0 spiro atoms. The largest absolute Gasteiger partial charge is 0.484 e. The Morgan fingerprint density at radius 1 is 0.973 bits per heavy atom. The van der Waals surface area contributed by atoms with Crippen LogP contribution in [-0.4, -0.2) is 35.4 Å². The quantitative estimate of drug-likeness (QED) is 0.322. The maximum Gasteiger partial charge on any atom is 0.261 e. The molecule has 5 nitrogen and oxygen atoms in total. The molecule has 0 saturated heterocycles. The van der Waals surface area contributed by atoms with Crippen LogP contribution in [0.25, 0.3) is 0 Å². The highest BCUT2D eigenvalue weighted by Gasteiger charge is 2.32. The maximum atomic E-state index is 13.8. The van der Waals surface area contributed by atoms with E-state index in [4.69, 9.17) is 4.74 Å². The summed E-state index contributed by atoms with van der Waals surface area (Å²) in [5.74, 6) is 0.309. The highest BCUT2D eigenvalue weighted by molar-refractivity contribution is 9.10. The van der Waals surface area contributed by atoms with Gasteiger partial charge in [-0.3, -0.25) is 9.59 Å². The summed E-state index contributed by atoms with van der Waals surface area (Å²) in [5, 5.41) is 3.24. The molecular formula is C31H35BrN2O3. The lowest BCUT2D eigenvalue weighted by molar-refractivity contribution is -0.143. The molecule has 1 N–H and O–H groups in total. The first-order valence-corrected chi connectivity index (χ1v) is 13.8. The molecular weight excluding hydrogens is 528 g/mol. The first-order chi connectivity index (χ1) is 17.9. The highest BCUT2D eigenvalue weighted by Crippen LogP contribution is 2.23. The molecule has 0 aliphatic heterocycles. The van der Waals surface area contributed by atoms with Crippen molar-refractivity contribution < 1.29 is 14.3 Å². The average molecular weight is 564 g/mol. The van der Waals surface area contributed by atoms with Gasteiger partial charge < -0.3 is 15.0 Å². The Bertz CT molecular complexity index is 1210. The number of benzene rings is 3. The number of hydrogen-bond donors (Lipinski definition) is 1. The molecule has 1 saturated carbocycles. The lowest BCUT2D eigenvalue weighted by Crippen LogP contribution is -2.53. The van der Waals surface area contributed by atoms with Gasteiger partial charge in [0.15, 0.2) is 6.61 Å². The summed E-state index contributed by atoms with van der Waals surface area (Å²) in [6.07, 6.45) is 4.67. The zero-order valence-electron chi connectivity index (χ0n) is 21.6. The van der Waals surface area contributed by atoms with Crippen LogP contribution in [0.15, 0.2) is 77.3 Å². The third kappa shape index (κ3) is 7.45. The number of halogens is 1. The maximum absolute atomic E-state index is 13.8. The monoisotopic (exact) mass is 562 g/mol. The Morgan fingerprint density at radius 2 is 1.68 bits per heavy atom. The molecule has 3 aromatic carbocycles. The van der Waals surface area contributed by atoms with Gasteiger partial charge in [0.1, 0.15) is 11.8 Å². The SMILES string of the molecule is Cc1cc(OCC(=O)N(Cc2ccccc2C)[C@H](Cc2ccccc2)C(=O)NC2CCCC2)ccc1Br. The molecule has 1 fully saturated rings. The zero-order valence-corrected chi connectivity index (χ0v) is 23.2. The fraction of sp³-hybridized carbons (Fsp3) is 0.355. The molecule has 2 amide bonds. The molecule has 1 aliphatic carbocycles. The van der Waals surface area contributed by atoms with Gasteiger partial charge in [0.2, 0.25) is 5.91 Å². The van der Waals surface area contributed by atoms with Crippen LogP contribution in [0.4, 0.5) is 0 Å². The van der Waals surface area contributed by atoms with Gasteiger partial charge in [-0.25, -0.2) is 0 Å². The molecule has 3 aromatic rings. The molecule has 0 aromatic heterocycles. The van der Waals surface area contributed by atoms with Crippen molar-refractivity contribution in [2.75, 3.05) is 6.61 Å². The van der Waals surface area contributed by atoms with E-state index in [9.17, 15) is 9.59 Å². The van der Waals surface area contributed by atoms with Crippen molar-refractivity contribution in [3.8, 4) is 5.75 Å². The van der Waals surface area contributed by atoms with Crippen LogP contribution in [0.2, 0.25) is 0 Å². The Hall–Kier alpha value is -3.12. The van der Waals surface area contributed by atoms with Crippen LogP contribution in [0, 0.1) is 13.8 Å². The van der Waals surface area contributed by atoms with Crippen LogP contribution in [0.3, 0.4) is 0 Å². The first-order valence-electron chi connectivity index (χ1n) is 13.0. The number of ether oxygens (including phenoxy) is 1. The summed E-state index contributed by atoms with van der Waals surface area (Å²) >= 11 is 3.50. The molecule has 37 heavy (non-hydrogen) atoms. The number of nitrogens with one attached hydrogen (secondary N) is 1. The minimum atomic E-state index is -0.648. The van der Waals surface area contributed by atoms with E-state index in [-0.39, 0.29) is 24.5 Å². The standard InChI is InChI=1S/C31H35BrN2O3/c1-22-10-6-7-13-25(22)20-34(30(35)21-37-27-16-17-28(32)23(2)18-27)29(19-24-11-4-3-5-12-24)31(36)33-26-14-8-9-15-26/h3-7,10-13,16-18,26,29H,8-9,14-15,19-21H2,1-2H3,(H,33,36)/t29-/m1/s1. The second kappa shape index (κ2) is 12.9. The summed E-state index contributed by atoms with van der Waals surface area (Å²) in [5.41, 5.74) is 4.14. The van der Waals surface area contributed by atoms with Crippen molar-refractivity contribution in [2.24, 2.45) is 0 Å². The van der Waals surface area contributed by atoms with Crippen LogP contribution >= 0.6 is 15.9 Å². The first kappa shape index (κ1) is 26.9. The van der Waals surface area contributed by atoms with Crippen LogP contribution in [0.5, 0.6) is 5.75 Å². The molecule has 0 unspecified atom stereocenters. The van der Waals surface area contributed by atoms with E-state index in [1.807, 2.05) is 86.6 Å². The molecule has 1 atom stereocenters. The molecule has 6 heteroatoms. The van der Waals surface area contributed by atoms with Gasteiger partial charge in [-0.05, 0) is 67.1 Å². The molecule has 194 valence electrons. The number of hydrogen-bond acceptors (Lipinski definition) is 3. The van der Waals surface area contributed by atoms with Crippen molar-refractivity contribution in [3.05, 3.63) is 99.5 Å². The normalized spacial score (nSPS) is 14.2. The number of aryl methyl sites for hydroxylation is 2. The van der Waals surface area contributed by atoms with Gasteiger partial charge in [-0.2, -0.15) is 0 Å². The van der Waals surface area contributed by atoms with Gasteiger partial charge in [0, 0.05) is 23.5 Å². The Labute approximate surface area is 228 Å². The van der Waals surface area contributed by atoms with Gasteiger partial charge in [-0.15, -0.1) is 0 Å².